The Balaban J connectivity index is 1.40. The highest BCUT2D eigenvalue weighted by Gasteiger charge is 2.28. The first kappa shape index (κ1) is 41.8. The minimum absolute atomic E-state index is 0.000831. The van der Waals surface area contributed by atoms with E-state index in [0.29, 0.717) is 54.6 Å². The fourth-order valence-corrected chi connectivity index (χ4v) is 8.88. The van der Waals surface area contributed by atoms with Gasteiger partial charge in [0, 0.05) is 10.8 Å². The standard InChI is InChI=1S/C42H8B18O/c43-23-15(16-20(30(50)35(23)55)31(51)37(57)36(56)24(16)44)19-28(48)25(45)17(26(46)29(19)49)13-9-5-1-3-7-11(9)14(12-8-4-2-6-10(12)13)18-27(47)32(52)21-22-33(53)38(58)39(59)40(60)42(22)61-41(21)34(18)54/h1-8H. The normalized spacial score (nSPS) is 11.8. The van der Waals surface area contributed by atoms with E-state index in [1.165, 1.54) is 0 Å². The van der Waals surface area contributed by atoms with Crippen molar-refractivity contribution in [3.05, 3.63) is 48.5 Å². The van der Waals surface area contributed by atoms with Crippen LogP contribution in [0.25, 0.3) is 87.6 Å². The second-order valence-electron chi connectivity index (χ2n) is 15.0. The lowest BCUT2D eigenvalue weighted by Gasteiger charge is -2.30. The highest BCUT2D eigenvalue weighted by atomic mass is 16.3. The van der Waals surface area contributed by atoms with Gasteiger partial charge in [-0.05, 0) is 71.2 Å². The van der Waals surface area contributed by atoms with Gasteiger partial charge in [0.25, 0.3) is 0 Å². The van der Waals surface area contributed by atoms with E-state index in [4.69, 9.17) is 146 Å². The fourth-order valence-electron chi connectivity index (χ4n) is 8.88. The smallest absolute Gasteiger partial charge is 0.128 e. The third-order valence-corrected chi connectivity index (χ3v) is 12.0. The van der Waals surface area contributed by atoms with Crippen molar-refractivity contribution in [1.82, 2.24) is 0 Å². The zero-order chi connectivity index (χ0) is 44.0. The van der Waals surface area contributed by atoms with Gasteiger partial charge in [0.1, 0.15) is 152 Å². The molecule has 0 aliphatic carbocycles. The molecular weight excluding hydrogens is 715 g/mol. The molecular formula is C42H8B18O. The predicted octanol–water partition coefficient (Wildman–Crippen LogP) is -9.67. The van der Waals surface area contributed by atoms with Crippen molar-refractivity contribution in [3.8, 4) is 33.4 Å². The molecule has 0 spiro atoms. The second kappa shape index (κ2) is 14.5. The largest absolute Gasteiger partial charge is 0.457 e. The van der Waals surface area contributed by atoms with E-state index in [1.807, 2.05) is 48.5 Å². The lowest BCUT2D eigenvalue weighted by Crippen LogP contribution is -2.53. The van der Waals surface area contributed by atoms with E-state index in [1.54, 1.807) is 0 Å². The Bertz CT molecular complexity index is 3420. The maximum Gasteiger partial charge on any atom is 0.128 e. The molecule has 1 nitrogen and oxygen atoms in total. The summed E-state index contributed by atoms with van der Waals surface area (Å²) in [6, 6.07) is 15.0. The molecule has 1 aromatic heterocycles. The summed E-state index contributed by atoms with van der Waals surface area (Å²) in [5.74, 6) is 0. The van der Waals surface area contributed by atoms with Gasteiger partial charge in [-0.2, -0.15) is 0 Å². The molecule has 36 radical (unpaired) electrons. The predicted molar refractivity (Wildman–Crippen MR) is 280 cm³/mol. The quantitative estimate of drug-likeness (QED) is 0.131. The van der Waals surface area contributed by atoms with Gasteiger partial charge in [-0.15, -0.1) is 27.3 Å². The summed E-state index contributed by atoms with van der Waals surface area (Å²) >= 11 is 0. The van der Waals surface area contributed by atoms with Crippen LogP contribution in [-0.2, 0) is 0 Å². The highest BCUT2D eigenvalue weighted by molar-refractivity contribution is 6.74. The Morgan fingerprint density at radius 1 is 0.213 bits per heavy atom. The van der Waals surface area contributed by atoms with Gasteiger partial charge in [0.2, 0.25) is 0 Å². The molecule has 0 fully saturated rings. The highest BCUT2D eigenvalue weighted by Crippen LogP contribution is 2.42. The van der Waals surface area contributed by atoms with Gasteiger partial charge >= 0.3 is 0 Å². The van der Waals surface area contributed by atoms with Crippen molar-refractivity contribution in [2.45, 2.75) is 0 Å². The minimum atomic E-state index is -0.0226. The van der Waals surface area contributed by atoms with E-state index in [-0.39, 0.29) is 131 Å². The fraction of sp³-hybridized carbons (Fsp3) is 0. The summed E-state index contributed by atoms with van der Waals surface area (Å²) in [7, 11) is 120. The maximum atomic E-state index is 7.09. The molecule has 9 rings (SSSR count). The number of furan rings is 1. The van der Waals surface area contributed by atoms with Crippen molar-refractivity contribution >= 4 is 294 Å². The zero-order valence-corrected chi connectivity index (χ0v) is 32.4. The maximum absolute atomic E-state index is 7.09. The summed E-state index contributed by atoms with van der Waals surface area (Å²) in [5, 5.41) is 3.79. The number of hydrogen-bond acceptors (Lipinski definition) is 1. The van der Waals surface area contributed by atoms with Crippen LogP contribution in [0.1, 0.15) is 0 Å². The summed E-state index contributed by atoms with van der Waals surface area (Å²) in [6.07, 6.45) is 0. The SMILES string of the molecule is [B]c1c([B])c(-c2c([B])c([B])c([B])c3c([B])c([B])c([B])c([B])c23)c([B])c([B])c1-c1c2ccccc2c(-c2c([B])c([B])c3c(oc4c([B])c([B])c([B])c([B])c43)c2[B])c2ccccc12. The molecule has 0 aliphatic heterocycles. The Hall–Kier alpha value is -4.49. The van der Waals surface area contributed by atoms with Crippen molar-refractivity contribution < 1.29 is 4.42 Å². The molecule has 236 valence electrons. The topological polar surface area (TPSA) is 13.1 Å². The van der Waals surface area contributed by atoms with Gasteiger partial charge in [0.15, 0.2) is 0 Å². The van der Waals surface area contributed by atoms with Crippen molar-refractivity contribution in [1.29, 1.82) is 0 Å². The van der Waals surface area contributed by atoms with E-state index in [0.717, 1.165) is 0 Å². The Morgan fingerprint density at radius 2 is 0.475 bits per heavy atom. The van der Waals surface area contributed by atoms with Crippen molar-refractivity contribution in [2.75, 3.05) is 0 Å². The Kier molecular flexibility index (Phi) is 9.97. The Labute approximate surface area is 378 Å². The molecule has 0 amide bonds. The van der Waals surface area contributed by atoms with Crippen LogP contribution in [0, 0.1) is 0 Å². The zero-order valence-electron chi connectivity index (χ0n) is 32.4. The first-order valence-corrected chi connectivity index (χ1v) is 18.5. The second-order valence-corrected chi connectivity index (χ2v) is 15.0. The summed E-state index contributed by atoms with van der Waals surface area (Å²) in [6.45, 7) is 0. The number of fused-ring (bicyclic) bond motifs is 6. The van der Waals surface area contributed by atoms with Crippen molar-refractivity contribution in [3.63, 3.8) is 0 Å². The molecule has 0 atom stereocenters. The number of hydrogen-bond donors (Lipinski definition) is 0. The first-order chi connectivity index (χ1) is 28.8. The molecule has 0 saturated carbocycles. The van der Waals surface area contributed by atoms with Crippen LogP contribution in [0.2, 0.25) is 0 Å². The molecule has 0 N–H and O–H groups in total. The summed E-state index contributed by atoms with van der Waals surface area (Å²) < 4.78 is 6.31. The van der Waals surface area contributed by atoms with Crippen LogP contribution in [-0.4, -0.2) is 141 Å². The first-order valence-electron chi connectivity index (χ1n) is 18.5. The molecule has 0 unspecified atom stereocenters. The lowest BCUT2D eigenvalue weighted by atomic mass is 9.56. The summed E-state index contributed by atoms with van der Waals surface area (Å²) in [4.78, 5) is 0. The third kappa shape index (κ3) is 5.53. The van der Waals surface area contributed by atoms with Crippen LogP contribution in [0.5, 0.6) is 0 Å². The van der Waals surface area contributed by atoms with E-state index in [9.17, 15) is 0 Å². The van der Waals surface area contributed by atoms with E-state index < -0.39 is 0 Å². The van der Waals surface area contributed by atoms with Crippen molar-refractivity contribution in [2.24, 2.45) is 0 Å². The van der Waals surface area contributed by atoms with E-state index >= 15 is 0 Å². The van der Waals surface area contributed by atoms with Gasteiger partial charge in [0.05, 0.1) is 0 Å². The third-order valence-electron chi connectivity index (χ3n) is 12.0. The van der Waals surface area contributed by atoms with Crippen LogP contribution < -0.4 is 98.3 Å². The average Bonchev–Trinajstić information content (AvgIpc) is 3.66. The van der Waals surface area contributed by atoms with Crippen LogP contribution >= 0.6 is 0 Å². The molecule has 0 bridgehead atoms. The molecule has 0 saturated heterocycles. The van der Waals surface area contributed by atoms with Gasteiger partial charge in [-0.1, -0.05) is 114 Å². The molecule has 1 heterocycles. The molecule has 19 heteroatoms. The van der Waals surface area contributed by atoms with Crippen LogP contribution in [0.3, 0.4) is 0 Å². The van der Waals surface area contributed by atoms with Gasteiger partial charge in [-0.3, -0.25) is 0 Å². The van der Waals surface area contributed by atoms with Crippen LogP contribution in [0.15, 0.2) is 52.9 Å². The summed E-state index contributed by atoms with van der Waals surface area (Å²) in [5.41, 5.74) is 3.52. The average molecular weight is 723 g/mol. The van der Waals surface area contributed by atoms with Crippen LogP contribution in [0.4, 0.5) is 0 Å². The van der Waals surface area contributed by atoms with Gasteiger partial charge < -0.3 is 4.42 Å². The molecule has 0 aliphatic rings. The molecule has 9 aromatic rings. The molecule has 8 aromatic carbocycles. The lowest BCUT2D eigenvalue weighted by molar-refractivity contribution is 0.675. The minimum Gasteiger partial charge on any atom is -0.457 e. The van der Waals surface area contributed by atoms with E-state index in [2.05, 4.69) is 0 Å². The molecule has 61 heavy (non-hydrogen) atoms. The number of rotatable bonds is 3. The van der Waals surface area contributed by atoms with Gasteiger partial charge in [-0.25, -0.2) is 0 Å². The monoisotopic (exact) mass is 726 g/mol. The Morgan fingerprint density at radius 3 is 0.902 bits per heavy atom. The number of benzene rings is 8.